The van der Waals surface area contributed by atoms with E-state index < -0.39 is 0 Å². The summed E-state index contributed by atoms with van der Waals surface area (Å²) in [6.45, 7) is 0. The van der Waals surface area contributed by atoms with Crippen molar-refractivity contribution in [2.45, 2.75) is 0 Å². The quantitative estimate of drug-likeness (QED) is 0.798. The van der Waals surface area contributed by atoms with Gasteiger partial charge in [0.1, 0.15) is 24.1 Å². The lowest BCUT2D eigenvalue weighted by Gasteiger charge is -2.12. The molecule has 3 aromatic rings. The number of benzene rings is 2. The van der Waals surface area contributed by atoms with E-state index in [1.807, 2.05) is 0 Å². The largest absolute Gasteiger partial charge is 0.497 e. The summed E-state index contributed by atoms with van der Waals surface area (Å²) in [4.78, 5) is 16.4. The first-order valence-electron chi connectivity index (χ1n) is 6.78. The highest BCUT2D eigenvalue weighted by Crippen LogP contribution is 2.28. The van der Waals surface area contributed by atoms with E-state index in [9.17, 15) is 4.79 Å². The highest BCUT2D eigenvalue weighted by Gasteiger charge is 2.14. The van der Waals surface area contributed by atoms with Crippen molar-refractivity contribution < 1.29 is 9.53 Å². The van der Waals surface area contributed by atoms with Gasteiger partial charge in [0, 0.05) is 5.56 Å². The van der Waals surface area contributed by atoms with Gasteiger partial charge in [0.15, 0.2) is 0 Å². The standard InChI is InChI=1S/C16H13ClN4O2/c1-23-12-5-2-4-11(8-12)16(22)20-14-7-3-6-13(17)15(14)21-10-18-9-19-21/h2-10H,1H3,(H,20,22). The zero-order valence-corrected chi connectivity index (χ0v) is 13.0. The molecule has 0 unspecified atom stereocenters. The maximum Gasteiger partial charge on any atom is 0.255 e. The Balaban J connectivity index is 1.94. The van der Waals surface area contributed by atoms with Gasteiger partial charge in [0.05, 0.1) is 17.8 Å². The Hall–Kier alpha value is -2.86. The lowest BCUT2D eigenvalue weighted by atomic mass is 10.2. The molecule has 0 radical (unpaired) electrons. The molecule has 2 aromatic carbocycles. The molecule has 0 aliphatic rings. The fourth-order valence-corrected chi connectivity index (χ4v) is 2.39. The van der Waals surface area contributed by atoms with E-state index in [0.29, 0.717) is 27.7 Å². The molecule has 0 aliphatic carbocycles. The second-order valence-electron chi connectivity index (χ2n) is 4.66. The summed E-state index contributed by atoms with van der Waals surface area (Å²) >= 11 is 6.24. The minimum atomic E-state index is -0.271. The number of para-hydroxylation sites is 1. The summed E-state index contributed by atoms with van der Waals surface area (Å²) in [6, 6.07) is 12.1. The van der Waals surface area contributed by atoms with E-state index in [1.165, 1.54) is 17.3 Å². The zero-order valence-electron chi connectivity index (χ0n) is 12.2. The van der Waals surface area contributed by atoms with E-state index >= 15 is 0 Å². The third-order valence-corrected chi connectivity index (χ3v) is 3.52. The number of nitrogens with one attached hydrogen (secondary N) is 1. The van der Waals surface area contributed by atoms with Gasteiger partial charge in [0.25, 0.3) is 5.91 Å². The third kappa shape index (κ3) is 3.17. The first-order chi connectivity index (χ1) is 11.2. The summed E-state index contributed by atoms with van der Waals surface area (Å²) in [6.07, 6.45) is 2.92. The molecular weight excluding hydrogens is 316 g/mol. The Labute approximate surface area is 137 Å². The van der Waals surface area contributed by atoms with Crippen LogP contribution in [0.5, 0.6) is 5.75 Å². The molecule has 3 rings (SSSR count). The number of aromatic nitrogens is 3. The average Bonchev–Trinajstić information content (AvgIpc) is 3.09. The molecule has 1 N–H and O–H groups in total. The summed E-state index contributed by atoms with van der Waals surface area (Å²) < 4.78 is 6.64. The molecule has 0 aliphatic heterocycles. The van der Waals surface area contributed by atoms with Gasteiger partial charge in [0.2, 0.25) is 0 Å². The van der Waals surface area contributed by atoms with Gasteiger partial charge in [-0.1, -0.05) is 23.7 Å². The van der Waals surface area contributed by atoms with Crippen molar-refractivity contribution in [1.29, 1.82) is 0 Å². The van der Waals surface area contributed by atoms with Crippen LogP contribution < -0.4 is 10.1 Å². The first-order valence-corrected chi connectivity index (χ1v) is 7.16. The van der Waals surface area contributed by atoms with E-state index in [1.54, 1.807) is 49.6 Å². The summed E-state index contributed by atoms with van der Waals surface area (Å²) in [5.41, 5.74) is 1.58. The molecule has 7 heteroatoms. The number of ether oxygens (including phenoxy) is 1. The predicted molar refractivity (Wildman–Crippen MR) is 87.3 cm³/mol. The fourth-order valence-electron chi connectivity index (χ4n) is 2.13. The van der Waals surface area contributed by atoms with Gasteiger partial charge in [-0.2, -0.15) is 5.10 Å². The van der Waals surface area contributed by atoms with Crippen molar-refractivity contribution >= 4 is 23.2 Å². The van der Waals surface area contributed by atoms with Crippen molar-refractivity contribution in [3.63, 3.8) is 0 Å². The maximum atomic E-state index is 12.5. The zero-order chi connectivity index (χ0) is 16.2. The van der Waals surface area contributed by atoms with E-state index in [4.69, 9.17) is 16.3 Å². The van der Waals surface area contributed by atoms with Crippen LogP contribution >= 0.6 is 11.6 Å². The number of anilines is 1. The van der Waals surface area contributed by atoms with Crippen LogP contribution in [-0.2, 0) is 0 Å². The summed E-state index contributed by atoms with van der Waals surface area (Å²) in [5, 5.41) is 7.36. The average molecular weight is 329 g/mol. The Morgan fingerprint density at radius 1 is 1.26 bits per heavy atom. The molecule has 0 spiro atoms. The number of hydrogen-bond acceptors (Lipinski definition) is 4. The Morgan fingerprint density at radius 3 is 2.83 bits per heavy atom. The smallest absolute Gasteiger partial charge is 0.255 e. The molecule has 0 saturated carbocycles. The van der Waals surface area contributed by atoms with Gasteiger partial charge in [-0.3, -0.25) is 4.79 Å². The second kappa shape index (κ2) is 6.50. The molecule has 23 heavy (non-hydrogen) atoms. The molecule has 0 bridgehead atoms. The molecule has 0 atom stereocenters. The second-order valence-corrected chi connectivity index (χ2v) is 5.07. The van der Waals surface area contributed by atoms with Crippen LogP contribution in [0, 0.1) is 0 Å². The van der Waals surface area contributed by atoms with Crippen molar-refractivity contribution in [2.75, 3.05) is 12.4 Å². The number of carbonyl (C=O) groups is 1. The normalized spacial score (nSPS) is 10.3. The van der Waals surface area contributed by atoms with E-state index in [-0.39, 0.29) is 5.91 Å². The van der Waals surface area contributed by atoms with Gasteiger partial charge in [-0.15, -0.1) is 0 Å². The molecule has 1 aromatic heterocycles. The van der Waals surface area contributed by atoms with Crippen molar-refractivity contribution in [3.05, 3.63) is 65.7 Å². The number of halogens is 1. The van der Waals surface area contributed by atoms with Crippen LogP contribution in [0.25, 0.3) is 5.69 Å². The Kier molecular flexibility index (Phi) is 4.25. The van der Waals surface area contributed by atoms with Crippen LogP contribution in [0.3, 0.4) is 0 Å². The van der Waals surface area contributed by atoms with Crippen LogP contribution in [0.2, 0.25) is 5.02 Å². The number of rotatable bonds is 4. The molecule has 1 amide bonds. The van der Waals surface area contributed by atoms with Crippen LogP contribution in [0.4, 0.5) is 5.69 Å². The number of amides is 1. The van der Waals surface area contributed by atoms with Crippen LogP contribution in [-0.4, -0.2) is 27.8 Å². The molecule has 6 nitrogen and oxygen atoms in total. The van der Waals surface area contributed by atoms with E-state index in [2.05, 4.69) is 15.4 Å². The van der Waals surface area contributed by atoms with Crippen molar-refractivity contribution in [1.82, 2.24) is 14.8 Å². The number of hydrogen-bond donors (Lipinski definition) is 1. The maximum absolute atomic E-state index is 12.5. The molecule has 0 saturated heterocycles. The van der Waals surface area contributed by atoms with E-state index in [0.717, 1.165) is 0 Å². The SMILES string of the molecule is COc1cccc(C(=O)Nc2cccc(Cl)c2-n2cncn2)c1. The minimum Gasteiger partial charge on any atom is -0.497 e. The van der Waals surface area contributed by atoms with Crippen LogP contribution in [0.1, 0.15) is 10.4 Å². The number of carbonyl (C=O) groups excluding carboxylic acids is 1. The Morgan fingerprint density at radius 2 is 2.09 bits per heavy atom. The highest BCUT2D eigenvalue weighted by molar-refractivity contribution is 6.33. The van der Waals surface area contributed by atoms with Crippen molar-refractivity contribution in [3.8, 4) is 11.4 Å². The monoisotopic (exact) mass is 328 g/mol. The van der Waals surface area contributed by atoms with Gasteiger partial charge in [-0.25, -0.2) is 9.67 Å². The summed E-state index contributed by atoms with van der Waals surface area (Å²) in [5.74, 6) is 0.341. The van der Waals surface area contributed by atoms with Gasteiger partial charge in [-0.05, 0) is 30.3 Å². The highest BCUT2D eigenvalue weighted by atomic mass is 35.5. The summed E-state index contributed by atoms with van der Waals surface area (Å²) in [7, 11) is 1.55. The predicted octanol–water partition coefficient (Wildman–Crippen LogP) is 3.18. The molecule has 1 heterocycles. The number of methoxy groups -OCH3 is 1. The lowest BCUT2D eigenvalue weighted by Crippen LogP contribution is -2.14. The molecular formula is C16H13ClN4O2. The van der Waals surface area contributed by atoms with Gasteiger partial charge < -0.3 is 10.1 Å². The molecule has 116 valence electrons. The number of nitrogens with zero attached hydrogens (tertiary/aromatic N) is 3. The fraction of sp³-hybridized carbons (Fsp3) is 0.0625. The van der Waals surface area contributed by atoms with Crippen LogP contribution in [0.15, 0.2) is 55.1 Å². The lowest BCUT2D eigenvalue weighted by molar-refractivity contribution is 0.102. The minimum absolute atomic E-state index is 0.271. The molecule has 0 fully saturated rings. The topological polar surface area (TPSA) is 69.0 Å². The first kappa shape index (κ1) is 15.1. The Bertz CT molecular complexity index is 834. The third-order valence-electron chi connectivity index (χ3n) is 3.21. The van der Waals surface area contributed by atoms with Gasteiger partial charge >= 0.3 is 0 Å². The van der Waals surface area contributed by atoms with Crippen molar-refractivity contribution in [2.24, 2.45) is 0 Å².